The maximum atomic E-state index is 13.3. The lowest BCUT2D eigenvalue weighted by molar-refractivity contribution is -0.235. The minimum atomic E-state index is -0.819. The summed E-state index contributed by atoms with van der Waals surface area (Å²) in [5.41, 5.74) is -0.670. The third kappa shape index (κ3) is 4.15. The van der Waals surface area contributed by atoms with Crippen LogP contribution in [0.5, 0.6) is 0 Å². The Labute approximate surface area is 217 Å². The van der Waals surface area contributed by atoms with Gasteiger partial charge in [0, 0.05) is 31.1 Å². The van der Waals surface area contributed by atoms with Gasteiger partial charge in [0.1, 0.15) is 18.3 Å². The number of hydrogen-bond acceptors (Lipinski definition) is 9. The molecule has 0 aromatic carbocycles. The number of methoxy groups -OCH3 is 1. The number of rotatable bonds is 1. The maximum Gasteiger partial charge on any atom is 0.335 e. The van der Waals surface area contributed by atoms with E-state index in [9.17, 15) is 14.4 Å². The van der Waals surface area contributed by atoms with E-state index >= 15 is 0 Å². The monoisotopic (exact) mass is 516 g/mol. The van der Waals surface area contributed by atoms with Crippen molar-refractivity contribution in [1.82, 2.24) is 0 Å². The molecule has 2 saturated heterocycles. The van der Waals surface area contributed by atoms with Gasteiger partial charge in [-0.05, 0) is 32.1 Å². The summed E-state index contributed by atoms with van der Waals surface area (Å²) in [4.78, 5) is 38.1. The highest BCUT2D eigenvalue weighted by atomic mass is 16.6. The zero-order valence-corrected chi connectivity index (χ0v) is 21.9. The van der Waals surface area contributed by atoms with Gasteiger partial charge in [-0.25, -0.2) is 14.4 Å². The van der Waals surface area contributed by atoms with Crippen LogP contribution >= 0.6 is 0 Å². The number of ether oxygens (including phenoxy) is 6. The molecule has 3 aliphatic heterocycles. The number of cyclic esters (lactones) is 2. The third-order valence-corrected chi connectivity index (χ3v) is 9.34. The zero-order valence-electron chi connectivity index (χ0n) is 21.9. The highest BCUT2D eigenvalue weighted by Crippen LogP contribution is 2.72. The molecule has 0 radical (unpaired) electrons. The van der Waals surface area contributed by atoms with Gasteiger partial charge >= 0.3 is 17.9 Å². The van der Waals surface area contributed by atoms with E-state index in [0.29, 0.717) is 25.9 Å². The van der Waals surface area contributed by atoms with Crippen LogP contribution in [0.15, 0.2) is 36.0 Å². The topological polar surface area (TPSA) is 110 Å². The van der Waals surface area contributed by atoms with E-state index in [1.165, 1.54) is 37.0 Å². The summed E-state index contributed by atoms with van der Waals surface area (Å²) in [6, 6.07) is 0. The minimum absolute atomic E-state index is 0.0861. The normalized spacial score (nSPS) is 45.9. The number of allylic oxidation sites excluding steroid dienone is 3. The summed E-state index contributed by atoms with van der Waals surface area (Å²) >= 11 is 0. The summed E-state index contributed by atoms with van der Waals surface area (Å²) in [6.45, 7) is 6.76. The van der Waals surface area contributed by atoms with Crippen molar-refractivity contribution in [2.24, 2.45) is 16.7 Å². The number of esters is 3. The van der Waals surface area contributed by atoms with Crippen LogP contribution < -0.4 is 0 Å². The Balaban J connectivity index is 1.53. The van der Waals surface area contributed by atoms with Crippen molar-refractivity contribution in [3.8, 4) is 0 Å². The Morgan fingerprint density at radius 3 is 2.46 bits per heavy atom. The van der Waals surface area contributed by atoms with Gasteiger partial charge in [0.05, 0.1) is 30.8 Å². The predicted octanol–water partition coefficient (Wildman–Crippen LogP) is 2.82. The van der Waals surface area contributed by atoms with Gasteiger partial charge in [0.25, 0.3) is 0 Å². The molecule has 9 nitrogen and oxygen atoms in total. The SMILES string of the molecule is CO[C@@H]1C(=O)OC[C@]23CCC(C)=CC2O[C@@H]2C[C@@H](OC(=O)/C=C\C=C\C(=O)OCC[C@H]1C)[C@@]3(C)[C@]21CO1. The Morgan fingerprint density at radius 2 is 1.76 bits per heavy atom. The highest BCUT2D eigenvalue weighted by Gasteiger charge is 2.83. The van der Waals surface area contributed by atoms with E-state index in [0.717, 1.165) is 6.42 Å². The van der Waals surface area contributed by atoms with Gasteiger partial charge in [-0.2, -0.15) is 0 Å². The molecule has 0 aromatic rings. The summed E-state index contributed by atoms with van der Waals surface area (Å²) in [6.07, 6.45) is 8.15. The van der Waals surface area contributed by atoms with Crippen molar-refractivity contribution in [1.29, 1.82) is 0 Å². The number of carbonyl (C=O) groups is 3. The van der Waals surface area contributed by atoms with Crippen LogP contribution in [0.3, 0.4) is 0 Å². The Kier molecular flexibility index (Phi) is 6.83. The Morgan fingerprint density at radius 1 is 1.03 bits per heavy atom. The lowest BCUT2D eigenvalue weighted by Gasteiger charge is -2.58. The van der Waals surface area contributed by atoms with Crippen molar-refractivity contribution < 1.29 is 42.8 Å². The molecule has 3 heterocycles. The van der Waals surface area contributed by atoms with Crippen LogP contribution in [0.1, 0.15) is 46.5 Å². The van der Waals surface area contributed by atoms with E-state index in [4.69, 9.17) is 28.4 Å². The number of carbonyl (C=O) groups excluding carboxylic acids is 3. The van der Waals surface area contributed by atoms with Crippen LogP contribution in [-0.2, 0) is 42.8 Å². The summed E-state index contributed by atoms with van der Waals surface area (Å²) < 4.78 is 35.6. The van der Waals surface area contributed by atoms with Crippen molar-refractivity contribution in [2.45, 2.75) is 76.5 Å². The molecule has 0 aromatic heterocycles. The Hall–Kier alpha value is -2.49. The first-order valence-corrected chi connectivity index (χ1v) is 13.0. The summed E-state index contributed by atoms with van der Waals surface area (Å²) in [5, 5.41) is 0. The average Bonchev–Trinajstić information content (AvgIpc) is 3.64. The van der Waals surface area contributed by atoms with Crippen LogP contribution in [0.2, 0.25) is 0 Å². The lowest BCUT2D eigenvalue weighted by atomic mass is 9.51. The van der Waals surface area contributed by atoms with Gasteiger partial charge in [0.15, 0.2) is 6.10 Å². The molecule has 37 heavy (non-hydrogen) atoms. The molecule has 1 saturated carbocycles. The van der Waals surface area contributed by atoms with Gasteiger partial charge in [-0.3, -0.25) is 0 Å². The molecule has 8 atom stereocenters. The fourth-order valence-electron chi connectivity index (χ4n) is 6.97. The van der Waals surface area contributed by atoms with Crippen molar-refractivity contribution in [3.05, 3.63) is 36.0 Å². The van der Waals surface area contributed by atoms with E-state index in [2.05, 4.69) is 19.9 Å². The first-order valence-electron chi connectivity index (χ1n) is 13.0. The largest absolute Gasteiger partial charge is 0.463 e. The molecule has 0 N–H and O–H groups in total. The van der Waals surface area contributed by atoms with Gasteiger partial charge in [-0.1, -0.05) is 37.6 Å². The smallest absolute Gasteiger partial charge is 0.335 e. The van der Waals surface area contributed by atoms with E-state index in [1.54, 1.807) is 0 Å². The molecule has 202 valence electrons. The van der Waals surface area contributed by atoms with Crippen LogP contribution in [0.25, 0.3) is 0 Å². The summed E-state index contributed by atoms with van der Waals surface area (Å²) in [5.74, 6) is -1.78. The van der Waals surface area contributed by atoms with Crippen molar-refractivity contribution >= 4 is 17.9 Å². The molecule has 9 heteroatoms. The van der Waals surface area contributed by atoms with E-state index < -0.39 is 46.5 Å². The first kappa shape index (κ1) is 26.1. The second-order valence-corrected chi connectivity index (χ2v) is 11.2. The molecule has 2 bridgehead atoms. The Bertz CT molecular complexity index is 1040. The number of epoxide rings is 1. The van der Waals surface area contributed by atoms with Crippen LogP contribution in [0, 0.1) is 16.7 Å². The standard InChI is InChI=1S/C28H36O9/c1-17-9-11-27-15-34-25(31)24(32-4)18(2)10-12-33-22(29)7-5-6-8-23(30)37-19-14-21(36-20(27)13-17)28(16-35-28)26(19,27)3/h5-8,13,18-21,24H,9-12,14-16H2,1-4H3/b7-5+,8-6-/t18-,19-,20?,21-,24+,26-,27-,28+/m1/s1. The highest BCUT2D eigenvalue weighted by molar-refractivity contribution is 5.84. The molecule has 1 unspecified atom stereocenters. The fourth-order valence-corrected chi connectivity index (χ4v) is 6.97. The molecular weight excluding hydrogens is 480 g/mol. The predicted molar refractivity (Wildman–Crippen MR) is 130 cm³/mol. The molecule has 3 fully saturated rings. The second kappa shape index (κ2) is 9.67. The molecule has 5 aliphatic rings. The van der Waals surface area contributed by atoms with E-state index in [-0.39, 0.29) is 31.3 Å². The quantitative estimate of drug-likeness (QED) is 0.225. The molecule has 2 spiro atoms. The van der Waals surface area contributed by atoms with Crippen LogP contribution in [-0.4, -0.2) is 74.9 Å². The molecular formula is C28H36O9. The second-order valence-electron chi connectivity index (χ2n) is 11.2. The fraction of sp³-hybridized carbons (Fsp3) is 0.679. The van der Waals surface area contributed by atoms with E-state index in [1.807, 2.05) is 6.92 Å². The van der Waals surface area contributed by atoms with Gasteiger partial charge in [-0.15, -0.1) is 0 Å². The molecule has 0 amide bonds. The first-order chi connectivity index (χ1) is 17.7. The number of hydrogen-bond donors (Lipinski definition) is 0. The molecule has 2 aliphatic carbocycles. The third-order valence-electron chi connectivity index (χ3n) is 9.34. The lowest BCUT2D eigenvalue weighted by Crippen LogP contribution is -2.67. The van der Waals surface area contributed by atoms with Crippen LogP contribution in [0.4, 0.5) is 0 Å². The minimum Gasteiger partial charge on any atom is -0.463 e. The van der Waals surface area contributed by atoms with Crippen molar-refractivity contribution in [3.63, 3.8) is 0 Å². The summed E-state index contributed by atoms with van der Waals surface area (Å²) in [7, 11) is 1.47. The van der Waals surface area contributed by atoms with Crippen molar-refractivity contribution in [2.75, 3.05) is 26.9 Å². The maximum absolute atomic E-state index is 13.3. The van der Waals surface area contributed by atoms with Gasteiger partial charge < -0.3 is 28.4 Å². The van der Waals surface area contributed by atoms with Gasteiger partial charge in [0.2, 0.25) is 0 Å². The molecule has 5 rings (SSSR count). The average molecular weight is 517 g/mol. The zero-order chi connectivity index (χ0) is 26.4.